The number of rotatable bonds is 7. The third kappa shape index (κ3) is 4.98. The van der Waals surface area contributed by atoms with E-state index in [0.717, 1.165) is 27.7 Å². The lowest BCUT2D eigenvalue weighted by Crippen LogP contribution is -2.27. The van der Waals surface area contributed by atoms with Gasteiger partial charge in [0.2, 0.25) is 5.91 Å². The fraction of sp³-hybridized carbons (Fsp3) is 0.280. The molecular formula is C25H24ClN3O4. The molecule has 8 heteroatoms. The Bertz CT molecular complexity index is 1260. The lowest BCUT2D eigenvalue weighted by molar-refractivity contribution is -0.137. The van der Waals surface area contributed by atoms with Crippen molar-refractivity contribution in [3.63, 3.8) is 0 Å². The fourth-order valence-electron chi connectivity index (χ4n) is 4.00. The molecule has 33 heavy (non-hydrogen) atoms. The first-order chi connectivity index (χ1) is 15.9. The van der Waals surface area contributed by atoms with E-state index >= 15 is 0 Å². The molecule has 2 aromatic carbocycles. The average Bonchev–Trinajstić information content (AvgIpc) is 3.23. The number of amides is 1. The molecule has 170 valence electrons. The molecule has 3 aromatic rings. The van der Waals surface area contributed by atoms with E-state index in [1.165, 1.54) is 5.01 Å². The lowest BCUT2D eigenvalue weighted by atomic mass is 9.97. The van der Waals surface area contributed by atoms with Crippen LogP contribution in [0.25, 0.3) is 10.9 Å². The summed E-state index contributed by atoms with van der Waals surface area (Å²) in [6, 6.07) is 15.0. The Morgan fingerprint density at radius 2 is 2.00 bits per heavy atom. The van der Waals surface area contributed by atoms with Crippen LogP contribution in [0.4, 0.5) is 0 Å². The highest BCUT2D eigenvalue weighted by Crippen LogP contribution is 2.38. The molecular weight excluding hydrogens is 442 g/mol. The van der Waals surface area contributed by atoms with Crippen molar-refractivity contribution in [2.24, 2.45) is 5.10 Å². The van der Waals surface area contributed by atoms with E-state index in [-0.39, 0.29) is 25.2 Å². The zero-order valence-electron chi connectivity index (χ0n) is 18.4. The standard InChI is InChI=1S/C25H24ClN3O4/c1-15-5-3-6-16(11-15)21-14-22(29(28-21)23(30)7-4-8-24(31)32)19-13-17-12-18(33-2)9-10-20(17)27-25(19)26/h3,5-6,9-13,22H,4,7-8,14H2,1-2H3,(H,31,32)/t22-/m1/s1. The number of pyridine rings is 1. The quantitative estimate of drug-likeness (QED) is 0.488. The van der Waals surface area contributed by atoms with Crippen LogP contribution < -0.4 is 4.74 Å². The Balaban J connectivity index is 1.72. The summed E-state index contributed by atoms with van der Waals surface area (Å²) in [5, 5.41) is 16.2. The predicted octanol–water partition coefficient (Wildman–Crippen LogP) is 5.14. The van der Waals surface area contributed by atoms with Crippen LogP contribution in [0.15, 0.2) is 53.6 Å². The van der Waals surface area contributed by atoms with Crippen molar-refractivity contribution in [3.8, 4) is 5.75 Å². The molecule has 1 N–H and O–H groups in total. The SMILES string of the molecule is COc1ccc2nc(Cl)c([C@H]3CC(c4cccc(C)c4)=NN3C(=O)CCCC(=O)O)cc2c1. The normalized spacial score (nSPS) is 15.5. The summed E-state index contributed by atoms with van der Waals surface area (Å²) < 4.78 is 5.33. The number of carboxylic acids is 1. The molecule has 0 aliphatic carbocycles. The third-order valence-corrected chi connectivity index (χ3v) is 5.96. The minimum absolute atomic E-state index is 0.0726. The number of aliphatic carboxylic acids is 1. The van der Waals surface area contributed by atoms with Gasteiger partial charge in [-0.2, -0.15) is 5.10 Å². The van der Waals surface area contributed by atoms with E-state index in [4.69, 9.17) is 21.4 Å². The van der Waals surface area contributed by atoms with Crippen LogP contribution >= 0.6 is 11.6 Å². The predicted molar refractivity (Wildman–Crippen MR) is 127 cm³/mol. The third-order valence-electron chi connectivity index (χ3n) is 5.66. The van der Waals surface area contributed by atoms with Gasteiger partial charge in [-0.05, 0) is 43.2 Å². The van der Waals surface area contributed by atoms with Crippen molar-refractivity contribution in [3.05, 3.63) is 70.4 Å². The largest absolute Gasteiger partial charge is 0.497 e. The number of nitrogens with zero attached hydrogens (tertiary/aromatic N) is 3. The Morgan fingerprint density at radius 1 is 1.18 bits per heavy atom. The molecule has 4 rings (SSSR count). The molecule has 0 fully saturated rings. The molecule has 0 saturated carbocycles. The van der Waals surface area contributed by atoms with Crippen LogP contribution in [0.2, 0.25) is 5.15 Å². The number of hydrogen-bond acceptors (Lipinski definition) is 5. The van der Waals surface area contributed by atoms with Crippen molar-refractivity contribution in [2.75, 3.05) is 7.11 Å². The van der Waals surface area contributed by atoms with Crippen LogP contribution in [-0.4, -0.2) is 39.8 Å². The summed E-state index contributed by atoms with van der Waals surface area (Å²) in [5.74, 6) is -0.478. The maximum atomic E-state index is 13.1. The average molecular weight is 466 g/mol. The van der Waals surface area contributed by atoms with Gasteiger partial charge >= 0.3 is 5.97 Å². The second-order valence-corrected chi connectivity index (χ2v) is 8.41. The van der Waals surface area contributed by atoms with Gasteiger partial charge < -0.3 is 9.84 Å². The van der Waals surface area contributed by atoms with Crippen LogP contribution in [0.5, 0.6) is 5.75 Å². The number of carbonyl (C=O) groups is 2. The van der Waals surface area contributed by atoms with E-state index in [2.05, 4.69) is 10.1 Å². The van der Waals surface area contributed by atoms with Crippen molar-refractivity contribution >= 4 is 40.1 Å². The minimum Gasteiger partial charge on any atom is -0.497 e. The molecule has 1 aliphatic rings. The number of hydrogen-bond donors (Lipinski definition) is 1. The second kappa shape index (κ2) is 9.58. The number of carboxylic acid groups (broad SMARTS) is 1. The number of aromatic nitrogens is 1. The molecule has 1 aliphatic heterocycles. The van der Waals surface area contributed by atoms with Gasteiger partial charge in [0, 0.05) is 30.2 Å². The van der Waals surface area contributed by atoms with Crippen LogP contribution in [0, 0.1) is 6.92 Å². The first-order valence-corrected chi connectivity index (χ1v) is 11.1. The number of ether oxygens (including phenoxy) is 1. The van der Waals surface area contributed by atoms with Gasteiger partial charge in [-0.1, -0.05) is 41.4 Å². The molecule has 0 saturated heterocycles. The molecule has 0 bridgehead atoms. The number of benzene rings is 2. The van der Waals surface area contributed by atoms with Crippen LogP contribution in [-0.2, 0) is 9.59 Å². The van der Waals surface area contributed by atoms with Gasteiger partial charge in [0.05, 0.1) is 24.4 Å². The Kier molecular flexibility index (Phi) is 6.60. The van der Waals surface area contributed by atoms with Crippen molar-refractivity contribution in [1.29, 1.82) is 0 Å². The van der Waals surface area contributed by atoms with Crippen molar-refractivity contribution < 1.29 is 19.4 Å². The molecule has 0 unspecified atom stereocenters. The topological polar surface area (TPSA) is 92.1 Å². The Labute approximate surface area is 196 Å². The first-order valence-electron chi connectivity index (χ1n) is 10.7. The maximum absolute atomic E-state index is 13.1. The zero-order chi connectivity index (χ0) is 23.5. The molecule has 0 spiro atoms. The minimum atomic E-state index is -0.930. The summed E-state index contributed by atoms with van der Waals surface area (Å²) in [7, 11) is 1.60. The number of aryl methyl sites for hydroxylation is 1. The Morgan fingerprint density at radius 3 is 2.73 bits per heavy atom. The smallest absolute Gasteiger partial charge is 0.303 e. The summed E-state index contributed by atoms with van der Waals surface area (Å²) in [6.45, 7) is 2.00. The van der Waals surface area contributed by atoms with Crippen molar-refractivity contribution in [2.45, 2.75) is 38.6 Å². The molecule has 0 radical (unpaired) electrons. The highest BCUT2D eigenvalue weighted by Gasteiger charge is 2.34. The number of hydrazone groups is 1. The van der Waals surface area contributed by atoms with E-state index in [1.807, 2.05) is 55.5 Å². The molecule has 1 aromatic heterocycles. The molecule has 1 atom stereocenters. The number of halogens is 1. The van der Waals surface area contributed by atoms with Gasteiger partial charge in [-0.3, -0.25) is 9.59 Å². The van der Waals surface area contributed by atoms with Gasteiger partial charge in [-0.15, -0.1) is 0 Å². The summed E-state index contributed by atoms with van der Waals surface area (Å²) in [5.41, 5.74) is 4.22. The molecule has 1 amide bonds. The molecule has 7 nitrogen and oxygen atoms in total. The van der Waals surface area contributed by atoms with E-state index in [9.17, 15) is 9.59 Å². The second-order valence-electron chi connectivity index (χ2n) is 8.05. The first kappa shape index (κ1) is 22.7. The summed E-state index contributed by atoms with van der Waals surface area (Å²) >= 11 is 6.58. The van der Waals surface area contributed by atoms with Crippen LogP contribution in [0.1, 0.15) is 48.4 Å². The highest BCUT2D eigenvalue weighted by molar-refractivity contribution is 6.30. The molecule has 2 heterocycles. The highest BCUT2D eigenvalue weighted by atomic mass is 35.5. The monoisotopic (exact) mass is 465 g/mol. The Hall–Kier alpha value is -3.45. The van der Waals surface area contributed by atoms with E-state index < -0.39 is 12.0 Å². The summed E-state index contributed by atoms with van der Waals surface area (Å²) in [6.07, 6.45) is 0.731. The van der Waals surface area contributed by atoms with Gasteiger partial charge in [0.25, 0.3) is 0 Å². The number of carbonyl (C=O) groups excluding carboxylic acids is 1. The maximum Gasteiger partial charge on any atom is 0.303 e. The van der Waals surface area contributed by atoms with Gasteiger partial charge in [0.1, 0.15) is 10.9 Å². The lowest BCUT2D eigenvalue weighted by Gasteiger charge is -2.23. The van der Waals surface area contributed by atoms with Gasteiger partial charge in [0.15, 0.2) is 0 Å². The van der Waals surface area contributed by atoms with Crippen molar-refractivity contribution in [1.82, 2.24) is 9.99 Å². The fourth-order valence-corrected chi connectivity index (χ4v) is 4.27. The van der Waals surface area contributed by atoms with E-state index in [0.29, 0.717) is 22.9 Å². The zero-order valence-corrected chi connectivity index (χ0v) is 19.2. The summed E-state index contributed by atoms with van der Waals surface area (Å²) in [4.78, 5) is 28.5. The number of fused-ring (bicyclic) bond motifs is 1. The number of methoxy groups -OCH3 is 1. The van der Waals surface area contributed by atoms with Crippen LogP contribution in [0.3, 0.4) is 0 Å². The van der Waals surface area contributed by atoms with Gasteiger partial charge in [-0.25, -0.2) is 9.99 Å². The van der Waals surface area contributed by atoms with E-state index in [1.54, 1.807) is 7.11 Å².